The van der Waals surface area contributed by atoms with Gasteiger partial charge in [-0.15, -0.1) is 0 Å². The van der Waals surface area contributed by atoms with E-state index in [1.165, 1.54) is 19.3 Å². The number of carboxylic acids is 2. The second kappa shape index (κ2) is 8.64. The Hall–Kier alpha value is -1.92. The molecule has 7 heteroatoms. The van der Waals surface area contributed by atoms with Crippen molar-refractivity contribution in [3.63, 3.8) is 0 Å². The minimum atomic E-state index is -2.56. The number of cyclic esters (lactones) is 2. The van der Waals surface area contributed by atoms with Gasteiger partial charge in [-0.1, -0.05) is 58.3 Å². The monoisotopic (exact) mass is 328 g/mol. The zero-order valence-electron chi connectivity index (χ0n) is 13.4. The van der Waals surface area contributed by atoms with Crippen LogP contribution in [0.1, 0.15) is 64.7 Å². The van der Waals surface area contributed by atoms with Crippen molar-refractivity contribution in [1.82, 2.24) is 0 Å². The Morgan fingerprint density at radius 1 is 0.957 bits per heavy atom. The van der Waals surface area contributed by atoms with Gasteiger partial charge in [0, 0.05) is 0 Å². The first-order valence-electron chi connectivity index (χ1n) is 8.11. The predicted octanol–water partition coefficient (Wildman–Crippen LogP) is 2.37. The number of carbonyl (C=O) groups is 4. The number of rotatable bonds is 12. The third kappa shape index (κ3) is 4.09. The molecule has 0 spiro atoms. The molecule has 1 rings (SSSR count). The normalized spacial score (nSPS) is 17.3. The first-order chi connectivity index (χ1) is 10.9. The molecule has 1 unspecified atom stereocenters. The van der Waals surface area contributed by atoms with Gasteiger partial charge in [0.15, 0.2) is 0 Å². The average molecular weight is 328 g/mol. The van der Waals surface area contributed by atoms with Crippen molar-refractivity contribution in [1.29, 1.82) is 0 Å². The summed E-state index contributed by atoms with van der Waals surface area (Å²) in [5.41, 5.74) is -2.56. The van der Waals surface area contributed by atoms with E-state index in [2.05, 4.69) is 11.7 Å². The predicted molar refractivity (Wildman–Crippen MR) is 79.5 cm³/mol. The number of hydrogen-bond donors (Lipinski definition) is 2. The van der Waals surface area contributed by atoms with Gasteiger partial charge in [0.05, 0.1) is 5.92 Å². The number of unbranched alkanes of at least 4 members (excludes halogenated alkanes) is 7. The minimum absolute atomic E-state index is 0.0303. The topological polar surface area (TPSA) is 118 Å². The number of aliphatic carboxylic acids is 2. The molecule has 0 radical (unpaired) electrons. The molecule has 23 heavy (non-hydrogen) atoms. The Labute approximate surface area is 135 Å². The van der Waals surface area contributed by atoms with Crippen LogP contribution in [0.15, 0.2) is 0 Å². The van der Waals surface area contributed by atoms with Crippen LogP contribution in [0.25, 0.3) is 0 Å². The Morgan fingerprint density at radius 2 is 1.43 bits per heavy atom. The quantitative estimate of drug-likeness (QED) is 0.321. The van der Waals surface area contributed by atoms with Gasteiger partial charge in [-0.3, -0.25) is 9.59 Å². The van der Waals surface area contributed by atoms with Crippen molar-refractivity contribution >= 4 is 23.9 Å². The number of ether oxygens (including phenoxy) is 1. The van der Waals surface area contributed by atoms with Crippen LogP contribution in [0.4, 0.5) is 0 Å². The standard InChI is InChI=1S/C16H24O7/c1-2-3-4-5-6-7-8-9-10-11(12(17)18)16(13(19)20)14(21)23-15(16)22/h11H,2-10H2,1H3,(H,17,18)(H,19,20). The molecule has 0 amide bonds. The molecule has 1 aliphatic rings. The van der Waals surface area contributed by atoms with Gasteiger partial charge in [0.1, 0.15) is 0 Å². The summed E-state index contributed by atoms with van der Waals surface area (Å²) in [7, 11) is 0. The Bertz CT molecular complexity index is 441. The number of hydrogen-bond acceptors (Lipinski definition) is 5. The lowest BCUT2D eigenvalue weighted by Gasteiger charge is -2.36. The summed E-state index contributed by atoms with van der Waals surface area (Å²) < 4.78 is 4.11. The lowest BCUT2D eigenvalue weighted by Crippen LogP contribution is -2.64. The lowest BCUT2D eigenvalue weighted by atomic mass is 9.70. The molecule has 2 N–H and O–H groups in total. The van der Waals surface area contributed by atoms with Crippen LogP contribution in [0.2, 0.25) is 0 Å². The molecular weight excluding hydrogens is 304 g/mol. The number of esters is 2. The third-order valence-corrected chi connectivity index (χ3v) is 4.33. The summed E-state index contributed by atoms with van der Waals surface area (Å²) in [6.45, 7) is 2.14. The maximum atomic E-state index is 11.5. The lowest BCUT2D eigenvalue weighted by molar-refractivity contribution is -0.210. The molecule has 1 aliphatic heterocycles. The van der Waals surface area contributed by atoms with Gasteiger partial charge >= 0.3 is 23.9 Å². The largest absolute Gasteiger partial charge is 0.481 e. The zero-order chi connectivity index (χ0) is 17.5. The maximum absolute atomic E-state index is 11.5. The van der Waals surface area contributed by atoms with Gasteiger partial charge in [0.2, 0.25) is 0 Å². The molecular formula is C16H24O7. The summed E-state index contributed by atoms with van der Waals surface area (Å²) in [6.07, 6.45) is 7.81. The minimum Gasteiger partial charge on any atom is -0.481 e. The maximum Gasteiger partial charge on any atom is 0.343 e. The molecule has 1 atom stereocenters. The van der Waals surface area contributed by atoms with Crippen LogP contribution >= 0.6 is 0 Å². The molecule has 7 nitrogen and oxygen atoms in total. The van der Waals surface area contributed by atoms with Gasteiger partial charge in [0.25, 0.3) is 5.41 Å². The van der Waals surface area contributed by atoms with Crippen molar-refractivity contribution in [3.8, 4) is 0 Å². The summed E-state index contributed by atoms with van der Waals surface area (Å²) in [5, 5.41) is 18.4. The molecule has 0 aliphatic carbocycles. The molecule has 0 aromatic heterocycles. The fourth-order valence-corrected chi connectivity index (χ4v) is 2.90. The van der Waals surface area contributed by atoms with E-state index in [1.54, 1.807) is 0 Å². The van der Waals surface area contributed by atoms with E-state index in [4.69, 9.17) is 0 Å². The highest BCUT2D eigenvalue weighted by atomic mass is 16.6. The van der Waals surface area contributed by atoms with Gasteiger partial charge in [-0.2, -0.15) is 0 Å². The van der Waals surface area contributed by atoms with E-state index in [1.807, 2.05) is 0 Å². The van der Waals surface area contributed by atoms with Crippen molar-refractivity contribution in [2.45, 2.75) is 64.7 Å². The fraction of sp³-hybridized carbons (Fsp3) is 0.750. The van der Waals surface area contributed by atoms with Crippen LogP contribution in [-0.4, -0.2) is 34.1 Å². The number of carbonyl (C=O) groups excluding carboxylic acids is 2. The highest BCUT2D eigenvalue weighted by Crippen LogP contribution is 2.42. The van der Waals surface area contributed by atoms with E-state index in [0.29, 0.717) is 6.42 Å². The highest BCUT2D eigenvalue weighted by molar-refractivity contribution is 6.29. The number of carboxylic acid groups (broad SMARTS) is 2. The Balaban J connectivity index is 2.50. The van der Waals surface area contributed by atoms with E-state index >= 15 is 0 Å². The second-order valence-electron chi connectivity index (χ2n) is 5.94. The summed E-state index contributed by atoms with van der Waals surface area (Å²) in [5.74, 6) is -7.33. The van der Waals surface area contributed by atoms with Crippen molar-refractivity contribution in [2.75, 3.05) is 0 Å². The zero-order valence-corrected chi connectivity index (χ0v) is 13.4. The van der Waals surface area contributed by atoms with E-state index in [9.17, 15) is 29.4 Å². The third-order valence-electron chi connectivity index (χ3n) is 4.33. The molecule has 130 valence electrons. The van der Waals surface area contributed by atoms with Crippen LogP contribution in [0.3, 0.4) is 0 Å². The first-order valence-corrected chi connectivity index (χ1v) is 8.11. The Kier molecular flexibility index (Phi) is 7.19. The van der Waals surface area contributed by atoms with Crippen LogP contribution in [0, 0.1) is 11.3 Å². The van der Waals surface area contributed by atoms with Crippen molar-refractivity contribution in [3.05, 3.63) is 0 Å². The average Bonchev–Trinajstić information content (AvgIpc) is 2.47. The highest BCUT2D eigenvalue weighted by Gasteiger charge is 2.71. The summed E-state index contributed by atoms with van der Waals surface area (Å²) in [4.78, 5) is 45.7. The van der Waals surface area contributed by atoms with E-state index in [-0.39, 0.29) is 6.42 Å². The molecule has 1 fully saturated rings. The van der Waals surface area contributed by atoms with E-state index in [0.717, 1.165) is 25.7 Å². The van der Waals surface area contributed by atoms with Crippen molar-refractivity contribution in [2.24, 2.45) is 11.3 Å². The Morgan fingerprint density at radius 3 is 1.83 bits per heavy atom. The molecule has 0 saturated carbocycles. The van der Waals surface area contributed by atoms with Gasteiger partial charge in [-0.25, -0.2) is 9.59 Å². The molecule has 0 bridgehead atoms. The second-order valence-corrected chi connectivity index (χ2v) is 5.94. The van der Waals surface area contributed by atoms with Gasteiger partial charge in [-0.05, 0) is 6.42 Å². The SMILES string of the molecule is CCCCCCCCCCC(C(=O)O)C1(C(=O)O)C(=O)OC1=O. The fourth-order valence-electron chi connectivity index (χ4n) is 2.90. The van der Waals surface area contributed by atoms with E-state index < -0.39 is 35.2 Å². The molecule has 1 saturated heterocycles. The smallest absolute Gasteiger partial charge is 0.343 e. The van der Waals surface area contributed by atoms with Crippen LogP contribution < -0.4 is 0 Å². The van der Waals surface area contributed by atoms with Crippen LogP contribution in [-0.2, 0) is 23.9 Å². The molecule has 0 aromatic carbocycles. The van der Waals surface area contributed by atoms with Crippen LogP contribution in [0.5, 0.6) is 0 Å². The first kappa shape index (κ1) is 19.1. The summed E-state index contributed by atoms with van der Waals surface area (Å²) >= 11 is 0. The van der Waals surface area contributed by atoms with Gasteiger partial charge < -0.3 is 14.9 Å². The molecule has 0 aromatic rings. The summed E-state index contributed by atoms with van der Waals surface area (Å²) in [6, 6.07) is 0. The molecule has 1 heterocycles. The van der Waals surface area contributed by atoms with Crippen molar-refractivity contribution < 1.29 is 34.1 Å².